The molecule has 0 saturated carbocycles. The van der Waals surface area contributed by atoms with Gasteiger partial charge < -0.3 is 4.74 Å². The van der Waals surface area contributed by atoms with Gasteiger partial charge in [0.05, 0.1) is 11.6 Å². The Labute approximate surface area is 115 Å². The van der Waals surface area contributed by atoms with E-state index in [1.54, 1.807) is 18.2 Å². The Bertz CT molecular complexity index is 331. The molecule has 0 aromatic heterocycles. The van der Waals surface area contributed by atoms with Gasteiger partial charge in [-0.2, -0.15) is 0 Å². The molecule has 1 aromatic carbocycles. The third-order valence-corrected chi connectivity index (χ3v) is 3.35. The van der Waals surface area contributed by atoms with Crippen molar-refractivity contribution in [2.24, 2.45) is 5.92 Å². The molecule has 1 unspecified atom stereocenters. The second-order valence-electron chi connectivity index (χ2n) is 3.79. The van der Waals surface area contributed by atoms with E-state index in [0.29, 0.717) is 28.3 Å². The van der Waals surface area contributed by atoms with Crippen molar-refractivity contribution in [3.63, 3.8) is 0 Å². The molecular formula is C12H15BrCl2O. The summed E-state index contributed by atoms with van der Waals surface area (Å²) < 4.78 is 5.60. The van der Waals surface area contributed by atoms with Gasteiger partial charge in [0.15, 0.2) is 0 Å². The van der Waals surface area contributed by atoms with Crippen LogP contribution in [0.1, 0.15) is 19.8 Å². The van der Waals surface area contributed by atoms with Gasteiger partial charge in [-0.3, -0.25) is 0 Å². The molecular weight excluding hydrogens is 311 g/mol. The van der Waals surface area contributed by atoms with Gasteiger partial charge in [0.1, 0.15) is 5.75 Å². The maximum Gasteiger partial charge on any atom is 0.137 e. The van der Waals surface area contributed by atoms with Crippen LogP contribution in [0.3, 0.4) is 0 Å². The summed E-state index contributed by atoms with van der Waals surface area (Å²) in [6.45, 7) is 2.91. The van der Waals surface area contributed by atoms with Gasteiger partial charge in [-0.15, -0.1) is 0 Å². The molecule has 0 heterocycles. The van der Waals surface area contributed by atoms with Gasteiger partial charge in [-0.05, 0) is 37.0 Å². The third kappa shape index (κ3) is 4.94. The highest BCUT2D eigenvalue weighted by atomic mass is 79.9. The fourth-order valence-corrected chi connectivity index (χ4v) is 2.54. The Balaban J connectivity index is 2.37. The van der Waals surface area contributed by atoms with E-state index < -0.39 is 0 Å². The number of rotatable bonds is 6. The summed E-state index contributed by atoms with van der Waals surface area (Å²) in [5.41, 5.74) is 0. The van der Waals surface area contributed by atoms with Gasteiger partial charge in [0.2, 0.25) is 0 Å². The van der Waals surface area contributed by atoms with Crippen LogP contribution < -0.4 is 4.74 Å². The van der Waals surface area contributed by atoms with Crippen LogP contribution in [0.5, 0.6) is 5.75 Å². The first-order chi connectivity index (χ1) is 7.63. The number of alkyl halides is 1. The smallest absolute Gasteiger partial charge is 0.137 e. The number of hydrogen-bond acceptors (Lipinski definition) is 1. The molecule has 1 rings (SSSR count). The lowest BCUT2D eigenvalue weighted by atomic mass is 10.1. The van der Waals surface area contributed by atoms with Crippen molar-refractivity contribution in [3.8, 4) is 5.75 Å². The van der Waals surface area contributed by atoms with Crippen molar-refractivity contribution in [3.05, 3.63) is 28.2 Å². The normalized spacial score (nSPS) is 12.5. The predicted octanol–water partition coefficient (Wildman–Crippen LogP) is 5.18. The van der Waals surface area contributed by atoms with Crippen LogP contribution in [-0.2, 0) is 0 Å². The molecule has 0 fully saturated rings. The summed E-state index contributed by atoms with van der Waals surface area (Å²) in [4.78, 5) is 0. The molecule has 90 valence electrons. The fourth-order valence-electron chi connectivity index (χ4n) is 1.29. The molecule has 0 N–H and O–H groups in total. The first-order valence-electron chi connectivity index (χ1n) is 5.27. The summed E-state index contributed by atoms with van der Waals surface area (Å²) in [6.07, 6.45) is 2.20. The van der Waals surface area contributed by atoms with Crippen LogP contribution in [0.2, 0.25) is 10.0 Å². The SMILES string of the molecule is CC(CCBr)CCOc1ccc(Cl)cc1Cl. The van der Waals surface area contributed by atoms with Crippen LogP contribution in [0.25, 0.3) is 0 Å². The van der Waals surface area contributed by atoms with Crippen LogP contribution >= 0.6 is 39.1 Å². The Kier molecular flexibility index (Phi) is 6.55. The van der Waals surface area contributed by atoms with Crippen molar-refractivity contribution in [2.75, 3.05) is 11.9 Å². The van der Waals surface area contributed by atoms with Gasteiger partial charge in [0.25, 0.3) is 0 Å². The van der Waals surface area contributed by atoms with Gasteiger partial charge >= 0.3 is 0 Å². The van der Waals surface area contributed by atoms with Crippen LogP contribution in [0.15, 0.2) is 18.2 Å². The molecule has 16 heavy (non-hydrogen) atoms. The van der Waals surface area contributed by atoms with Crippen molar-refractivity contribution in [2.45, 2.75) is 19.8 Å². The molecule has 0 aliphatic rings. The summed E-state index contributed by atoms with van der Waals surface area (Å²) in [5.74, 6) is 1.36. The zero-order valence-electron chi connectivity index (χ0n) is 9.18. The Morgan fingerprint density at radius 2 is 2.06 bits per heavy atom. The maximum atomic E-state index is 5.99. The highest BCUT2D eigenvalue weighted by molar-refractivity contribution is 9.09. The lowest BCUT2D eigenvalue weighted by Gasteiger charge is -2.11. The molecule has 1 aromatic rings. The van der Waals surface area contributed by atoms with E-state index in [2.05, 4.69) is 22.9 Å². The second-order valence-corrected chi connectivity index (χ2v) is 5.43. The molecule has 0 aliphatic heterocycles. The highest BCUT2D eigenvalue weighted by Gasteiger charge is 2.04. The summed E-state index contributed by atoms with van der Waals surface area (Å²) in [5, 5.41) is 2.24. The van der Waals surface area contributed by atoms with E-state index in [4.69, 9.17) is 27.9 Å². The second kappa shape index (κ2) is 7.41. The molecule has 0 bridgehead atoms. The van der Waals surface area contributed by atoms with E-state index in [-0.39, 0.29) is 0 Å². The largest absolute Gasteiger partial charge is 0.492 e. The first-order valence-corrected chi connectivity index (χ1v) is 7.15. The van der Waals surface area contributed by atoms with Crippen molar-refractivity contribution < 1.29 is 4.74 Å². The number of hydrogen-bond donors (Lipinski definition) is 0. The molecule has 1 nitrogen and oxygen atoms in total. The van der Waals surface area contributed by atoms with Crippen LogP contribution in [0.4, 0.5) is 0 Å². The van der Waals surface area contributed by atoms with E-state index in [1.807, 2.05) is 0 Å². The zero-order valence-corrected chi connectivity index (χ0v) is 12.3. The standard InChI is InChI=1S/C12H15BrCl2O/c1-9(4-6-13)5-7-16-12-3-2-10(14)8-11(12)15/h2-3,8-9H,4-7H2,1H3. The molecule has 4 heteroatoms. The zero-order chi connectivity index (χ0) is 12.0. The fraction of sp³-hybridized carbons (Fsp3) is 0.500. The van der Waals surface area contributed by atoms with Crippen molar-refractivity contribution in [1.82, 2.24) is 0 Å². The average molecular weight is 326 g/mol. The van der Waals surface area contributed by atoms with Crippen LogP contribution in [0, 0.1) is 5.92 Å². The molecule has 0 saturated heterocycles. The van der Waals surface area contributed by atoms with Crippen molar-refractivity contribution in [1.29, 1.82) is 0 Å². The van der Waals surface area contributed by atoms with Gasteiger partial charge in [0, 0.05) is 10.4 Å². The minimum absolute atomic E-state index is 0.570. The quantitative estimate of drug-likeness (QED) is 0.654. The molecule has 0 spiro atoms. The lowest BCUT2D eigenvalue weighted by Crippen LogP contribution is -2.04. The topological polar surface area (TPSA) is 9.23 Å². The first kappa shape index (κ1) is 14.1. The third-order valence-electron chi connectivity index (χ3n) is 2.36. The molecule has 1 atom stereocenters. The molecule has 0 amide bonds. The molecule has 0 radical (unpaired) electrons. The minimum Gasteiger partial charge on any atom is -0.492 e. The van der Waals surface area contributed by atoms with E-state index >= 15 is 0 Å². The lowest BCUT2D eigenvalue weighted by molar-refractivity contribution is 0.282. The maximum absolute atomic E-state index is 5.99. The van der Waals surface area contributed by atoms with Crippen molar-refractivity contribution >= 4 is 39.1 Å². The minimum atomic E-state index is 0.570. The van der Waals surface area contributed by atoms with Gasteiger partial charge in [-0.25, -0.2) is 0 Å². The monoisotopic (exact) mass is 324 g/mol. The van der Waals surface area contributed by atoms with E-state index in [1.165, 1.54) is 0 Å². The number of halogens is 3. The van der Waals surface area contributed by atoms with Gasteiger partial charge in [-0.1, -0.05) is 46.1 Å². The Morgan fingerprint density at radius 1 is 1.31 bits per heavy atom. The van der Waals surface area contributed by atoms with E-state index in [9.17, 15) is 0 Å². The predicted molar refractivity (Wildman–Crippen MR) is 74.1 cm³/mol. The highest BCUT2D eigenvalue weighted by Crippen LogP contribution is 2.27. The summed E-state index contributed by atoms with van der Waals surface area (Å²) >= 11 is 15.2. The van der Waals surface area contributed by atoms with E-state index in [0.717, 1.165) is 18.2 Å². The summed E-state index contributed by atoms with van der Waals surface area (Å²) in [7, 11) is 0. The molecule has 0 aliphatic carbocycles. The van der Waals surface area contributed by atoms with Crippen LogP contribution in [-0.4, -0.2) is 11.9 Å². The number of benzene rings is 1. The Hall–Kier alpha value is 0.0800. The Morgan fingerprint density at radius 3 is 2.69 bits per heavy atom. The number of ether oxygens (including phenoxy) is 1. The average Bonchev–Trinajstić information content (AvgIpc) is 2.22. The summed E-state index contributed by atoms with van der Waals surface area (Å²) in [6, 6.07) is 5.28.